The van der Waals surface area contributed by atoms with Gasteiger partial charge in [0, 0.05) is 5.28 Å². The van der Waals surface area contributed by atoms with Crippen molar-refractivity contribution >= 4 is 29.2 Å². The van der Waals surface area contributed by atoms with E-state index in [0.717, 1.165) is 5.56 Å². The summed E-state index contributed by atoms with van der Waals surface area (Å²) in [7, 11) is 0. The van der Waals surface area contributed by atoms with E-state index in [1.807, 2.05) is 30.3 Å². The van der Waals surface area contributed by atoms with Crippen molar-refractivity contribution in [1.29, 1.82) is 0 Å². The number of benzene rings is 3. The topological polar surface area (TPSA) is 0 Å². The molecule has 0 aliphatic heterocycles. The van der Waals surface area contributed by atoms with E-state index in [0.29, 0.717) is 0 Å². The van der Waals surface area contributed by atoms with Gasteiger partial charge in [0.1, 0.15) is 0 Å². The van der Waals surface area contributed by atoms with Gasteiger partial charge in [-0.15, -0.1) is 11.6 Å². The molecule has 0 spiro atoms. The fourth-order valence-electron chi connectivity index (χ4n) is 2.68. The monoisotopic (exact) mass is 290 g/mol. The predicted octanol–water partition coefficient (Wildman–Crippen LogP) is 3.81. The zero-order valence-electron chi connectivity index (χ0n) is 11.7. The summed E-state index contributed by atoms with van der Waals surface area (Å²) in [5.74, 6) is 0. The van der Waals surface area contributed by atoms with Gasteiger partial charge in [0.05, 0.1) is 0 Å². The van der Waals surface area contributed by atoms with Crippen LogP contribution < -0.4 is 10.9 Å². The Hall–Kier alpha value is -1.99. The minimum absolute atomic E-state index is 0.0870. The molecule has 1 unspecified atom stereocenters. The fraction of sp³-hybridized carbons (Fsp3) is 0.0526. The summed E-state index contributed by atoms with van der Waals surface area (Å²) >= 11 is 6.84. The van der Waals surface area contributed by atoms with Gasteiger partial charge in [0.15, 0.2) is 0 Å². The van der Waals surface area contributed by atoms with Crippen LogP contribution in [0.5, 0.6) is 0 Å². The van der Waals surface area contributed by atoms with Crippen LogP contribution in [-0.2, 0) is 0 Å². The van der Waals surface area contributed by atoms with Crippen molar-refractivity contribution in [2.75, 3.05) is 0 Å². The highest BCUT2D eigenvalue weighted by atomic mass is 35.5. The first-order valence-corrected chi connectivity index (χ1v) is 7.59. The molecule has 3 aromatic carbocycles. The van der Waals surface area contributed by atoms with E-state index in [1.165, 1.54) is 10.9 Å². The first-order valence-electron chi connectivity index (χ1n) is 7.15. The first-order chi connectivity index (χ1) is 10.4. The molecule has 0 nitrogen and oxygen atoms in total. The molecule has 0 radical (unpaired) electrons. The van der Waals surface area contributed by atoms with Crippen molar-refractivity contribution < 1.29 is 0 Å². The summed E-state index contributed by atoms with van der Waals surface area (Å²) in [6, 6.07) is 31.2. The van der Waals surface area contributed by atoms with Gasteiger partial charge >= 0.3 is 0 Å². The molecule has 0 N–H and O–H groups in total. The Labute approximate surface area is 131 Å². The van der Waals surface area contributed by atoms with Crippen LogP contribution in [0.3, 0.4) is 0 Å². The van der Waals surface area contributed by atoms with Gasteiger partial charge in [0.2, 0.25) is 6.71 Å². The predicted molar refractivity (Wildman–Crippen MR) is 92.9 cm³/mol. The van der Waals surface area contributed by atoms with Crippen molar-refractivity contribution in [2.45, 2.75) is 5.28 Å². The molecule has 0 heterocycles. The first kappa shape index (κ1) is 14.0. The lowest BCUT2D eigenvalue weighted by molar-refractivity contribution is 1.32. The molecular formula is C19H16BCl. The highest BCUT2D eigenvalue weighted by molar-refractivity contribution is 6.90. The summed E-state index contributed by atoms with van der Waals surface area (Å²) in [6.07, 6.45) is 0. The van der Waals surface area contributed by atoms with Crippen LogP contribution in [0.4, 0.5) is 0 Å². The maximum Gasteiger partial charge on any atom is 0.233 e. The molecule has 0 aromatic heterocycles. The molecule has 0 fully saturated rings. The van der Waals surface area contributed by atoms with Crippen molar-refractivity contribution in [1.82, 2.24) is 0 Å². The Kier molecular flexibility index (Phi) is 4.42. The third-order valence-corrected chi connectivity index (χ3v) is 4.23. The molecule has 0 aliphatic rings. The van der Waals surface area contributed by atoms with E-state index in [1.54, 1.807) is 0 Å². The molecule has 0 bridgehead atoms. The van der Waals surface area contributed by atoms with Crippen molar-refractivity contribution in [2.24, 2.45) is 0 Å². The second-order valence-corrected chi connectivity index (χ2v) is 5.58. The van der Waals surface area contributed by atoms with Gasteiger partial charge in [-0.3, -0.25) is 0 Å². The molecule has 0 saturated carbocycles. The largest absolute Gasteiger partial charge is 0.233 e. The summed E-state index contributed by atoms with van der Waals surface area (Å²) in [5, 5.41) is -0.0870. The average Bonchev–Trinajstić information content (AvgIpc) is 2.58. The highest BCUT2D eigenvalue weighted by Gasteiger charge is 2.28. The van der Waals surface area contributed by atoms with E-state index < -0.39 is 0 Å². The van der Waals surface area contributed by atoms with Gasteiger partial charge in [-0.1, -0.05) is 102 Å². The number of hydrogen-bond donors (Lipinski definition) is 0. The lowest BCUT2D eigenvalue weighted by Gasteiger charge is -2.20. The second kappa shape index (κ2) is 6.65. The number of rotatable bonds is 4. The van der Waals surface area contributed by atoms with Crippen LogP contribution in [0.25, 0.3) is 0 Å². The molecule has 1 atom stereocenters. The summed E-state index contributed by atoms with van der Waals surface area (Å²) in [6.45, 7) is 0.150. The lowest BCUT2D eigenvalue weighted by atomic mass is 9.37. The molecule has 102 valence electrons. The highest BCUT2D eigenvalue weighted by Crippen LogP contribution is 2.23. The molecule has 3 aromatic rings. The Morgan fingerprint density at radius 3 is 1.38 bits per heavy atom. The quantitative estimate of drug-likeness (QED) is 0.506. The summed E-state index contributed by atoms with van der Waals surface area (Å²) in [4.78, 5) is 0. The van der Waals surface area contributed by atoms with Crippen molar-refractivity contribution in [3.05, 3.63) is 96.6 Å². The molecule has 3 rings (SSSR count). The second-order valence-electron chi connectivity index (χ2n) is 5.11. The maximum atomic E-state index is 6.84. The van der Waals surface area contributed by atoms with Gasteiger partial charge in [0.25, 0.3) is 0 Å². The van der Waals surface area contributed by atoms with Gasteiger partial charge in [-0.25, -0.2) is 0 Å². The normalized spacial score (nSPS) is 11.9. The number of alkyl halides is 1. The van der Waals surface area contributed by atoms with Crippen LogP contribution >= 0.6 is 11.6 Å². The zero-order chi connectivity index (χ0) is 14.5. The third kappa shape index (κ3) is 3.20. The van der Waals surface area contributed by atoms with Gasteiger partial charge in [-0.05, 0) is 5.56 Å². The average molecular weight is 291 g/mol. The van der Waals surface area contributed by atoms with Crippen LogP contribution in [0.2, 0.25) is 0 Å². The Morgan fingerprint density at radius 1 is 0.571 bits per heavy atom. The molecule has 21 heavy (non-hydrogen) atoms. The van der Waals surface area contributed by atoms with E-state index >= 15 is 0 Å². The summed E-state index contributed by atoms with van der Waals surface area (Å²) < 4.78 is 0. The third-order valence-electron chi connectivity index (χ3n) is 3.73. The van der Waals surface area contributed by atoms with Crippen LogP contribution in [-0.4, -0.2) is 6.71 Å². The van der Waals surface area contributed by atoms with Crippen LogP contribution in [0, 0.1) is 0 Å². The van der Waals surface area contributed by atoms with Crippen LogP contribution in [0.15, 0.2) is 91.0 Å². The fourth-order valence-corrected chi connectivity index (χ4v) is 3.12. The Morgan fingerprint density at radius 2 is 0.952 bits per heavy atom. The van der Waals surface area contributed by atoms with E-state index in [4.69, 9.17) is 11.6 Å². The minimum atomic E-state index is -0.0870. The smallest absolute Gasteiger partial charge is 0.126 e. The SMILES string of the molecule is ClC(B(c1ccccc1)c1ccccc1)c1ccccc1. The number of halogens is 1. The van der Waals surface area contributed by atoms with Crippen molar-refractivity contribution in [3.63, 3.8) is 0 Å². The standard InChI is InChI=1S/C19H16BCl/c21-19(16-10-4-1-5-11-16)20(17-12-6-2-7-13-17)18-14-8-3-9-15-18/h1-15,19H. The van der Waals surface area contributed by atoms with E-state index in [9.17, 15) is 0 Å². The van der Waals surface area contributed by atoms with Crippen molar-refractivity contribution in [3.8, 4) is 0 Å². The molecule has 0 amide bonds. The molecule has 0 saturated heterocycles. The van der Waals surface area contributed by atoms with Gasteiger partial charge < -0.3 is 0 Å². The molecular weight excluding hydrogens is 274 g/mol. The number of hydrogen-bond acceptors (Lipinski definition) is 0. The molecule has 0 aliphatic carbocycles. The Bertz CT molecular complexity index is 628. The van der Waals surface area contributed by atoms with E-state index in [2.05, 4.69) is 60.7 Å². The Balaban J connectivity index is 2.05. The van der Waals surface area contributed by atoms with Crippen LogP contribution in [0.1, 0.15) is 10.8 Å². The van der Waals surface area contributed by atoms with E-state index in [-0.39, 0.29) is 12.0 Å². The minimum Gasteiger partial charge on any atom is -0.126 e. The maximum absolute atomic E-state index is 6.84. The molecule has 2 heteroatoms. The lowest BCUT2D eigenvalue weighted by Crippen LogP contribution is -2.45. The summed E-state index contributed by atoms with van der Waals surface area (Å²) in [5.41, 5.74) is 3.64. The van der Waals surface area contributed by atoms with Gasteiger partial charge in [-0.2, -0.15) is 0 Å². The zero-order valence-corrected chi connectivity index (χ0v) is 12.4.